The summed E-state index contributed by atoms with van der Waals surface area (Å²) in [5, 5.41) is 17.5. The molecule has 0 bridgehead atoms. The lowest BCUT2D eigenvalue weighted by Gasteiger charge is -2.06. The zero-order valence-corrected chi connectivity index (χ0v) is 6.58. The van der Waals surface area contributed by atoms with Gasteiger partial charge in [-0.15, -0.1) is 0 Å². The minimum atomic E-state index is -1.09. The normalized spacial score (nSPS) is 15.9. The van der Waals surface area contributed by atoms with Crippen LogP contribution in [-0.4, -0.2) is 29.6 Å². The fraction of sp³-hybridized carbons (Fsp3) is 0.667. The van der Waals surface area contributed by atoms with Gasteiger partial charge >= 0.3 is 5.97 Å². The van der Waals surface area contributed by atoms with Crippen molar-refractivity contribution in [2.45, 2.75) is 18.9 Å². The van der Waals surface area contributed by atoms with Gasteiger partial charge < -0.3 is 21.9 Å². The van der Waals surface area contributed by atoms with Crippen molar-refractivity contribution in [3.8, 4) is 0 Å². The Morgan fingerprint density at radius 2 is 2.42 bits per heavy atom. The lowest BCUT2D eigenvalue weighted by Crippen LogP contribution is -2.34. The summed E-state index contributed by atoms with van der Waals surface area (Å²) < 4.78 is 7.26. The Morgan fingerprint density at radius 3 is 2.83 bits per heavy atom. The highest BCUT2D eigenvalue weighted by atomic mass is 16.4. The molecular formula is C6H14N4O2. The van der Waals surface area contributed by atoms with Crippen molar-refractivity contribution in [3.63, 3.8) is 0 Å². The molecule has 2 atom stereocenters. The van der Waals surface area contributed by atoms with E-state index < -0.39 is 18.5 Å². The van der Waals surface area contributed by atoms with Crippen LogP contribution in [0.4, 0.5) is 0 Å². The molecule has 0 aromatic carbocycles. The Balaban J connectivity index is 3.63. The summed E-state index contributed by atoms with van der Waals surface area (Å²) >= 11 is 0. The number of rotatable bonds is 5. The Labute approximate surface area is 71.8 Å². The molecule has 1 unspecified atom stereocenters. The number of carbonyl (C=O) groups is 1. The maximum absolute atomic E-state index is 10.3. The van der Waals surface area contributed by atoms with E-state index in [1.54, 1.807) is 0 Å². The predicted octanol–water partition coefficient (Wildman–Crippen LogP) is -1.34. The Bertz CT molecular complexity index is 199. The van der Waals surface area contributed by atoms with Crippen molar-refractivity contribution >= 4 is 11.9 Å². The smallest absolute Gasteiger partial charge is 0.320 e. The molecule has 0 saturated carbocycles. The maximum Gasteiger partial charge on any atom is 0.320 e. The van der Waals surface area contributed by atoms with Crippen LogP contribution in [0.1, 0.15) is 14.2 Å². The molecule has 0 aliphatic rings. The minimum absolute atomic E-state index is 0.184. The third-order valence-corrected chi connectivity index (χ3v) is 1.20. The van der Waals surface area contributed by atoms with E-state index in [-0.39, 0.29) is 18.8 Å². The molecule has 0 rings (SSSR count). The van der Waals surface area contributed by atoms with Crippen molar-refractivity contribution < 1.29 is 11.3 Å². The van der Waals surface area contributed by atoms with Crippen LogP contribution in [0.25, 0.3) is 0 Å². The summed E-state index contributed by atoms with van der Waals surface area (Å²) in [5.74, 6) is -1.39. The molecule has 0 fully saturated rings. The molecule has 0 aliphatic heterocycles. The van der Waals surface area contributed by atoms with Gasteiger partial charge in [0.1, 0.15) is 6.04 Å². The molecule has 6 nitrogen and oxygen atoms in total. The van der Waals surface area contributed by atoms with Crippen LogP contribution < -0.4 is 16.8 Å². The van der Waals surface area contributed by atoms with Gasteiger partial charge in [0.2, 0.25) is 0 Å². The van der Waals surface area contributed by atoms with Gasteiger partial charge in [0, 0.05) is 7.89 Å². The first-order chi connectivity index (χ1) is 5.93. The average Bonchev–Trinajstić information content (AvgIpc) is 1.98. The highest BCUT2D eigenvalue weighted by Gasteiger charge is 2.09. The summed E-state index contributed by atoms with van der Waals surface area (Å²) in [6, 6.07) is -0.957. The summed E-state index contributed by atoms with van der Waals surface area (Å²) in [6.45, 7) is -0.775. The number of nitrogens with one attached hydrogen (secondary N) is 2. The van der Waals surface area contributed by atoms with E-state index in [2.05, 4.69) is 5.32 Å². The number of guanidine groups is 1. The van der Waals surface area contributed by atoms with Crippen molar-refractivity contribution in [2.24, 2.45) is 11.5 Å². The van der Waals surface area contributed by atoms with Gasteiger partial charge in [0.25, 0.3) is 0 Å². The highest BCUT2D eigenvalue weighted by molar-refractivity contribution is 5.74. The van der Waals surface area contributed by atoms with Crippen LogP contribution in [0.3, 0.4) is 0 Å². The quantitative estimate of drug-likeness (QED) is 0.261. The van der Waals surface area contributed by atoms with Crippen LogP contribution in [0.15, 0.2) is 0 Å². The fourth-order valence-corrected chi connectivity index (χ4v) is 0.568. The Hall–Kier alpha value is -1.30. The van der Waals surface area contributed by atoms with Gasteiger partial charge in [-0.2, -0.15) is 0 Å². The molecule has 0 spiro atoms. The molecule has 6 heteroatoms. The lowest BCUT2D eigenvalue weighted by molar-refractivity contribution is -0.138. The molecule has 0 saturated heterocycles. The summed E-state index contributed by atoms with van der Waals surface area (Å²) in [7, 11) is 0. The lowest BCUT2D eigenvalue weighted by atomic mass is 10.2. The second-order valence-corrected chi connectivity index (χ2v) is 2.28. The number of nitrogens with two attached hydrogens (primary N) is 2. The van der Waals surface area contributed by atoms with Gasteiger partial charge in [-0.3, -0.25) is 10.2 Å². The number of carboxylic acid groups (broad SMARTS) is 1. The van der Waals surface area contributed by atoms with E-state index >= 15 is 0 Å². The first-order valence-electron chi connectivity index (χ1n) is 4.02. The Kier molecular flexibility index (Phi) is 3.93. The predicted molar refractivity (Wildman–Crippen MR) is 44.8 cm³/mol. The molecule has 0 amide bonds. The van der Waals surface area contributed by atoms with Crippen LogP contribution in [0.2, 0.25) is 0 Å². The third-order valence-electron chi connectivity index (χ3n) is 1.20. The van der Waals surface area contributed by atoms with E-state index in [4.69, 9.17) is 23.4 Å². The summed E-state index contributed by atoms with van der Waals surface area (Å²) in [6.07, 6.45) is 0.427. The van der Waals surface area contributed by atoms with Crippen LogP contribution in [0, 0.1) is 5.41 Å². The molecule has 0 aromatic heterocycles. The van der Waals surface area contributed by atoms with Crippen molar-refractivity contribution in [3.05, 3.63) is 0 Å². The second kappa shape index (κ2) is 5.36. The van der Waals surface area contributed by atoms with Gasteiger partial charge in [0.15, 0.2) is 5.96 Å². The third kappa shape index (κ3) is 5.48. The zero-order chi connectivity index (χ0) is 10.4. The van der Waals surface area contributed by atoms with E-state index in [0.717, 1.165) is 0 Å². The number of aliphatic carboxylic acids is 1. The number of carboxylic acids is 1. The van der Waals surface area contributed by atoms with Crippen molar-refractivity contribution in [1.82, 2.24) is 5.32 Å². The molecule has 70 valence electrons. The number of hydrogen-bond donors (Lipinski definition) is 5. The number of hydrogen-bond acceptors (Lipinski definition) is 3. The highest BCUT2D eigenvalue weighted by Crippen LogP contribution is 1.92. The van der Waals surface area contributed by atoms with Crippen molar-refractivity contribution in [2.75, 3.05) is 6.52 Å². The SMILES string of the molecule is [2H]C(CC[C@H](N)C(=O)O)NC(=N)N. The van der Waals surface area contributed by atoms with Gasteiger partial charge in [-0.05, 0) is 12.8 Å². The fourth-order valence-electron chi connectivity index (χ4n) is 0.568. The topological polar surface area (TPSA) is 125 Å². The molecular weight excluding hydrogens is 160 g/mol. The molecule has 0 heterocycles. The summed E-state index contributed by atoms with van der Waals surface area (Å²) in [5.41, 5.74) is 10.2. The maximum atomic E-state index is 10.3. The van der Waals surface area contributed by atoms with E-state index in [9.17, 15) is 4.79 Å². The average molecular weight is 175 g/mol. The molecule has 0 radical (unpaired) electrons. The standard InChI is InChI=1S/C6H14N4O2/c7-4(5(11)12)2-1-3-10-6(8)9/h4H,1-3,7H2,(H,11,12)(H4,8,9,10)/t4-/m0/s1/i3D/t3?,4-. The summed E-state index contributed by atoms with van der Waals surface area (Å²) in [4.78, 5) is 10.3. The van der Waals surface area contributed by atoms with E-state index in [1.165, 1.54) is 0 Å². The van der Waals surface area contributed by atoms with Crippen molar-refractivity contribution in [1.29, 1.82) is 5.41 Å². The Morgan fingerprint density at radius 1 is 1.83 bits per heavy atom. The second-order valence-electron chi connectivity index (χ2n) is 2.28. The molecule has 12 heavy (non-hydrogen) atoms. The van der Waals surface area contributed by atoms with Gasteiger partial charge in [-0.25, -0.2) is 0 Å². The molecule has 7 N–H and O–H groups in total. The van der Waals surface area contributed by atoms with E-state index in [1.807, 2.05) is 0 Å². The van der Waals surface area contributed by atoms with E-state index in [0.29, 0.717) is 0 Å². The minimum Gasteiger partial charge on any atom is -0.480 e. The zero-order valence-electron chi connectivity index (χ0n) is 7.58. The van der Waals surface area contributed by atoms with Gasteiger partial charge in [0.05, 0.1) is 0 Å². The van der Waals surface area contributed by atoms with Crippen LogP contribution >= 0.6 is 0 Å². The first kappa shape index (κ1) is 8.79. The van der Waals surface area contributed by atoms with Crippen LogP contribution in [0.5, 0.6) is 0 Å². The van der Waals surface area contributed by atoms with Gasteiger partial charge in [-0.1, -0.05) is 0 Å². The van der Waals surface area contributed by atoms with Crippen LogP contribution in [-0.2, 0) is 4.79 Å². The largest absolute Gasteiger partial charge is 0.480 e. The monoisotopic (exact) mass is 175 g/mol. The molecule has 0 aromatic rings. The molecule has 0 aliphatic carbocycles. The first-order valence-corrected chi connectivity index (χ1v) is 3.44.